The molecule has 3 aromatic rings. The minimum atomic E-state index is -0.691. The number of carbonyl (C=O) groups excluding carboxylic acids is 1. The summed E-state index contributed by atoms with van der Waals surface area (Å²) in [7, 11) is 0. The van der Waals surface area contributed by atoms with Crippen LogP contribution in [0.5, 0.6) is 11.5 Å². The molecule has 2 heterocycles. The Morgan fingerprint density at radius 2 is 1.92 bits per heavy atom. The highest BCUT2D eigenvalue weighted by atomic mass is 32.1. The molecule has 1 aliphatic rings. The number of hydrogen-bond donors (Lipinski definition) is 0. The molecule has 0 fully saturated rings. The average Bonchev–Trinajstić information content (AvgIpc) is 3.17. The second-order valence-electron chi connectivity index (χ2n) is 7.82. The Hall–Kier alpha value is -4.16. The van der Waals surface area contributed by atoms with E-state index in [2.05, 4.69) is 4.99 Å². The van der Waals surface area contributed by atoms with Crippen LogP contribution in [0.2, 0.25) is 0 Å². The lowest BCUT2D eigenvalue weighted by molar-refractivity contribution is -0.139. The molecule has 1 aliphatic heterocycles. The van der Waals surface area contributed by atoms with Gasteiger partial charge in [0.25, 0.3) is 5.56 Å². The maximum atomic E-state index is 13.7. The van der Waals surface area contributed by atoms with Crippen molar-refractivity contribution in [3.8, 4) is 17.6 Å². The van der Waals surface area contributed by atoms with E-state index < -0.39 is 12.0 Å². The fraction of sp³-hybridized carbons (Fsp3) is 0.259. The van der Waals surface area contributed by atoms with Crippen molar-refractivity contribution in [3.05, 3.63) is 90.6 Å². The molecule has 0 unspecified atom stereocenters. The number of allylic oxidation sites excluding steroid dienone is 1. The number of fused-ring (bicyclic) bond motifs is 1. The van der Waals surface area contributed by atoms with Crippen LogP contribution in [0.15, 0.2) is 69.6 Å². The summed E-state index contributed by atoms with van der Waals surface area (Å²) in [6.45, 7) is 6.07. The first-order valence-corrected chi connectivity index (χ1v) is 12.3. The van der Waals surface area contributed by atoms with Gasteiger partial charge in [0.1, 0.15) is 17.6 Å². The Kier molecular flexibility index (Phi) is 7.66. The van der Waals surface area contributed by atoms with Crippen LogP contribution in [0.3, 0.4) is 0 Å². The SMILES string of the molecule is CCOC(=O)C1=C(C)N=c2s/c(=C\c3cccc(OCC#N)c3)c(=O)n2[C@@H]1c1ccc(OCC)cc1. The topological polar surface area (TPSA) is 103 Å². The molecule has 0 saturated carbocycles. The van der Waals surface area contributed by atoms with Crippen LogP contribution >= 0.6 is 11.3 Å². The third kappa shape index (κ3) is 5.09. The Balaban J connectivity index is 1.86. The number of benzene rings is 2. The summed E-state index contributed by atoms with van der Waals surface area (Å²) in [5, 5.41) is 8.76. The van der Waals surface area contributed by atoms with Crippen LogP contribution in [-0.4, -0.2) is 30.4 Å². The van der Waals surface area contributed by atoms with Gasteiger partial charge < -0.3 is 14.2 Å². The zero-order valence-corrected chi connectivity index (χ0v) is 21.0. The van der Waals surface area contributed by atoms with Gasteiger partial charge >= 0.3 is 5.97 Å². The van der Waals surface area contributed by atoms with Gasteiger partial charge in [-0.05, 0) is 62.2 Å². The number of rotatable bonds is 8. The normalized spacial score (nSPS) is 15.1. The van der Waals surface area contributed by atoms with Crippen molar-refractivity contribution >= 4 is 23.4 Å². The standard InChI is InChI=1S/C27H25N3O5S/c1-4-33-20-11-9-19(10-12-20)24-23(26(32)34-5-2)17(3)29-27-30(24)25(31)22(36-27)16-18-7-6-8-21(15-18)35-14-13-28/h6-12,15-16,24H,4-5,14H2,1-3H3/b22-16-/t24-/m1/s1. The van der Waals surface area contributed by atoms with Gasteiger partial charge in [-0.2, -0.15) is 5.26 Å². The molecule has 9 heteroatoms. The van der Waals surface area contributed by atoms with Gasteiger partial charge in [-0.15, -0.1) is 0 Å². The van der Waals surface area contributed by atoms with Crippen molar-refractivity contribution in [3.63, 3.8) is 0 Å². The number of ether oxygens (including phenoxy) is 3. The number of hydrogen-bond acceptors (Lipinski definition) is 8. The highest BCUT2D eigenvalue weighted by Crippen LogP contribution is 2.31. The summed E-state index contributed by atoms with van der Waals surface area (Å²) in [6.07, 6.45) is 1.75. The summed E-state index contributed by atoms with van der Waals surface area (Å²) in [4.78, 5) is 31.7. The van der Waals surface area contributed by atoms with E-state index in [1.807, 2.05) is 43.3 Å². The van der Waals surface area contributed by atoms with E-state index in [0.29, 0.717) is 38.7 Å². The number of thiazole rings is 1. The van der Waals surface area contributed by atoms with Gasteiger partial charge in [-0.3, -0.25) is 9.36 Å². The third-order valence-electron chi connectivity index (χ3n) is 5.48. The molecule has 1 atom stereocenters. The van der Waals surface area contributed by atoms with Crippen molar-refractivity contribution in [2.75, 3.05) is 19.8 Å². The smallest absolute Gasteiger partial charge is 0.338 e. The van der Waals surface area contributed by atoms with E-state index in [4.69, 9.17) is 19.5 Å². The predicted octanol–water partition coefficient (Wildman–Crippen LogP) is 3.10. The molecule has 0 aliphatic carbocycles. The lowest BCUT2D eigenvalue weighted by Crippen LogP contribution is -2.39. The maximum absolute atomic E-state index is 13.7. The second kappa shape index (κ2) is 11.1. The summed E-state index contributed by atoms with van der Waals surface area (Å²) < 4.78 is 18.3. The van der Waals surface area contributed by atoms with Crippen LogP contribution < -0.4 is 24.4 Å². The summed E-state index contributed by atoms with van der Waals surface area (Å²) in [5.41, 5.74) is 2.05. The maximum Gasteiger partial charge on any atom is 0.338 e. The highest BCUT2D eigenvalue weighted by molar-refractivity contribution is 7.07. The molecule has 2 aromatic carbocycles. The first-order chi connectivity index (χ1) is 17.5. The molecule has 8 nitrogen and oxygen atoms in total. The van der Waals surface area contributed by atoms with Gasteiger partial charge in [0.05, 0.1) is 35.1 Å². The van der Waals surface area contributed by atoms with E-state index in [0.717, 1.165) is 11.1 Å². The first kappa shape index (κ1) is 24.9. The van der Waals surface area contributed by atoms with Crippen molar-refractivity contribution in [1.29, 1.82) is 5.26 Å². The van der Waals surface area contributed by atoms with E-state index in [9.17, 15) is 9.59 Å². The zero-order chi connectivity index (χ0) is 25.7. The minimum Gasteiger partial charge on any atom is -0.494 e. The molecule has 0 N–H and O–H groups in total. The predicted molar refractivity (Wildman–Crippen MR) is 136 cm³/mol. The van der Waals surface area contributed by atoms with Gasteiger partial charge in [0.2, 0.25) is 0 Å². The fourth-order valence-corrected chi connectivity index (χ4v) is 5.03. The van der Waals surface area contributed by atoms with Crippen molar-refractivity contribution in [1.82, 2.24) is 4.57 Å². The molecule has 0 saturated heterocycles. The van der Waals surface area contributed by atoms with Gasteiger partial charge in [-0.25, -0.2) is 9.79 Å². The molecule has 184 valence electrons. The van der Waals surface area contributed by atoms with Gasteiger partial charge in [0.15, 0.2) is 11.4 Å². The molecule has 0 bridgehead atoms. The third-order valence-corrected chi connectivity index (χ3v) is 6.47. The zero-order valence-electron chi connectivity index (χ0n) is 20.2. The molecular formula is C27H25N3O5S. The fourth-order valence-electron chi connectivity index (χ4n) is 3.98. The van der Waals surface area contributed by atoms with Crippen molar-refractivity contribution < 1.29 is 19.0 Å². The van der Waals surface area contributed by atoms with Crippen molar-refractivity contribution in [2.45, 2.75) is 26.8 Å². The van der Waals surface area contributed by atoms with Crippen molar-refractivity contribution in [2.24, 2.45) is 4.99 Å². The number of esters is 1. The Morgan fingerprint density at radius 1 is 1.14 bits per heavy atom. The molecule has 0 spiro atoms. The lowest BCUT2D eigenvalue weighted by atomic mass is 9.96. The molecule has 36 heavy (non-hydrogen) atoms. The van der Waals surface area contributed by atoms with Crippen LogP contribution in [0, 0.1) is 11.3 Å². The van der Waals surface area contributed by atoms with Crippen LogP contribution in [0.4, 0.5) is 0 Å². The minimum absolute atomic E-state index is 0.0658. The summed E-state index contributed by atoms with van der Waals surface area (Å²) in [6, 6.07) is 15.7. The Labute approximate surface area is 212 Å². The Bertz CT molecular complexity index is 1530. The van der Waals surface area contributed by atoms with Gasteiger partial charge in [0, 0.05) is 0 Å². The largest absolute Gasteiger partial charge is 0.494 e. The molecule has 4 rings (SSSR count). The average molecular weight is 504 g/mol. The second-order valence-corrected chi connectivity index (χ2v) is 8.83. The summed E-state index contributed by atoms with van der Waals surface area (Å²) >= 11 is 1.25. The first-order valence-electron chi connectivity index (χ1n) is 11.5. The van der Waals surface area contributed by atoms with E-state index in [1.54, 1.807) is 42.7 Å². The lowest BCUT2D eigenvalue weighted by Gasteiger charge is -2.24. The molecule has 0 amide bonds. The summed E-state index contributed by atoms with van der Waals surface area (Å²) in [5.74, 6) is 0.727. The quantitative estimate of drug-likeness (QED) is 0.438. The molecule has 0 radical (unpaired) electrons. The van der Waals surface area contributed by atoms with Crippen LogP contribution in [-0.2, 0) is 9.53 Å². The number of nitrogens with zero attached hydrogens (tertiary/aromatic N) is 3. The number of aromatic nitrogens is 1. The molecule has 1 aromatic heterocycles. The monoisotopic (exact) mass is 503 g/mol. The van der Waals surface area contributed by atoms with E-state index in [1.165, 1.54) is 11.3 Å². The van der Waals surface area contributed by atoms with E-state index >= 15 is 0 Å². The Morgan fingerprint density at radius 3 is 2.61 bits per heavy atom. The van der Waals surface area contributed by atoms with Crippen LogP contribution in [0.1, 0.15) is 37.9 Å². The molecular weight excluding hydrogens is 478 g/mol. The van der Waals surface area contributed by atoms with Gasteiger partial charge in [-0.1, -0.05) is 35.6 Å². The highest BCUT2D eigenvalue weighted by Gasteiger charge is 2.33. The number of carbonyl (C=O) groups is 1. The number of nitriles is 1. The van der Waals surface area contributed by atoms with E-state index in [-0.39, 0.29) is 18.8 Å². The van der Waals surface area contributed by atoms with Crippen LogP contribution in [0.25, 0.3) is 6.08 Å².